The molecule has 0 spiro atoms. The van der Waals surface area contributed by atoms with E-state index in [4.69, 9.17) is 0 Å². The van der Waals surface area contributed by atoms with Crippen LogP contribution in [-0.2, 0) is 6.42 Å². The maximum Gasteiger partial charge on any atom is 0.0466 e. The molecule has 0 aromatic carbocycles. The predicted molar refractivity (Wildman–Crippen MR) is 58.1 cm³/mol. The van der Waals surface area contributed by atoms with Crippen molar-refractivity contribution in [2.24, 2.45) is 5.92 Å². The molecular formula is C12H18N2. The average Bonchev–Trinajstić information content (AvgIpc) is 2.16. The zero-order valence-corrected chi connectivity index (χ0v) is 9.12. The van der Waals surface area contributed by atoms with Crippen LogP contribution in [0.2, 0.25) is 0 Å². The van der Waals surface area contributed by atoms with E-state index in [-0.39, 0.29) is 0 Å². The third-order valence-corrected chi connectivity index (χ3v) is 2.89. The Morgan fingerprint density at radius 3 is 3.00 bits per heavy atom. The first-order chi connectivity index (χ1) is 6.68. The molecule has 2 nitrogen and oxygen atoms in total. The molecule has 0 saturated carbocycles. The first kappa shape index (κ1) is 9.66. The van der Waals surface area contributed by atoms with Gasteiger partial charge in [0.2, 0.25) is 0 Å². The van der Waals surface area contributed by atoms with E-state index >= 15 is 0 Å². The number of hydrogen-bond donors (Lipinski definition) is 1. The van der Waals surface area contributed by atoms with Gasteiger partial charge in [0.25, 0.3) is 0 Å². The Bertz CT molecular complexity index is 320. The van der Waals surface area contributed by atoms with Crippen molar-refractivity contribution in [3.8, 4) is 0 Å². The summed E-state index contributed by atoms with van der Waals surface area (Å²) in [5.74, 6) is 0.626. The van der Waals surface area contributed by atoms with E-state index in [9.17, 15) is 0 Å². The standard InChI is InChI=1S/C12H18N2/c1-8(2)12-10-5-4-6-13-11(10)7-9(3)14-12/h4-6,8-9,12,14H,7H2,1-3H3. The quantitative estimate of drug-likeness (QED) is 0.735. The second-order valence-corrected chi connectivity index (χ2v) is 4.53. The van der Waals surface area contributed by atoms with Gasteiger partial charge in [0, 0.05) is 30.4 Å². The SMILES string of the molecule is CC1Cc2ncccc2C(C(C)C)N1. The van der Waals surface area contributed by atoms with Crippen LogP contribution in [0.1, 0.15) is 38.1 Å². The Kier molecular flexibility index (Phi) is 2.55. The van der Waals surface area contributed by atoms with Crippen LogP contribution in [0.15, 0.2) is 18.3 Å². The van der Waals surface area contributed by atoms with Gasteiger partial charge in [-0.25, -0.2) is 0 Å². The van der Waals surface area contributed by atoms with E-state index < -0.39 is 0 Å². The van der Waals surface area contributed by atoms with Crippen LogP contribution in [-0.4, -0.2) is 11.0 Å². The number of nitrogens with zero attached hydrogens (tertiary/aromatic N) is 1. The smallest absolute Gasteiger partial charge is 0.0466 e. The van der Waals surface area contributed by atoms with Gasteiger partial charge in [-0.15, -0.1) is 0 Å². The van der Waals surface area contributed by atoms with Gasteiger partial charge >= 0.3 is 0 Å². The molecule has 2 unspecified atom stereocenters. The monoisotopic (exact) mass is 190 g/mol. The number of nitrogens with one attached hydrogen (secondary N) is 1. The molecule has 76 valence electrons. The van der Waals surface area contributed by atoms with Crippen LogP contribution in [0.25, 0.3) is 0 Å². The molecule has 0 saturated heterocycles. The van der Waals surface area contributed by atoms with Crippen LogP contribution >= 0.6 is 0 Å². The highest BCUT2D eigenvalue weighted by Crippen LogP contribution is 2.28. The minimum Gasteiger partial charge on any atom is -0.307 e. The van der Waals surface area contributed by atoms with Gasteiger partial charge in [0.1, 0.15) is 0 Å². The lowest BCUT2D eigenvalue weighted by Gasteiger charge is -2.33. The van der Waals surface area contributed by atoms with Gasteiger partial charge in [0.15, 0.2) is 0 Å². The van der Waals surface area contributed by atoms with Crippen molar-refractivity contribution < 1.29 is 0 Å². The highest BCUT2D eigenvalue weighted by atomic mass is 15.0. The minimum absolute atomic E-state index is 0.474. The molecule has 2 heteroatoms. The van der Waals surface area contributed by atoms with Gasteiger partial charge in [-0.05, 0) is 24.5 Å². The summed E-state index contributed by atoms with van der Waals surface area (Å²) >= 11 is 0. The predicted octanol–water partition coefficient (Wildman–Crippen LogP) is 2.31. The lowest BCUT2D eigenvalue weighted by molar-refractivity contribution is 0.342. The molecule has 0 bridgehead atoms. The summed E-state index contributed by atoms with van der Waals surface area (Å²) < 4.78 is 0. The van der Waals surface area contributed by atoms with E-state index in [0.717, 1.165) is 6.42 Å². The molecule has 1 N–H and O–H groups in total. The zero-order chi connectivity index (χ0) is 10.1. The molecule has 0 amide bonds. The molecule has 0 radical (unpaired) electrons. The van der Waals surface area contributed by atoms with E-state index in [1.54, 1.807) is 0 Å². The molecule has 1 aromatic rings. The summed E-state index contributed by atoms with van der Waals surface area (Å²) in [5, 5.41) is 3.63. The number of rotatable bonds is 1. The van der Waals surface area contributed by atoms with Crippen molar-refractivity contribution in [3.05, 3.63) is 29.6 Å². The molecule has 2 heterocycles. The van der Waals surface area contributed by atoms with Gasteiger partial charge in [-0.2, -0.15) is 0 Å². The molecule has 2 atom stereocenters. The van der Waals surface area contributed by atoms with Gasteiger partial charge in [0.05, 0.1) is 0 Å². The molecule has 0 aliphatic carbocycles. The Morgan fingerprint density at radius 2 is 2.29 bits per heavy atom. The van der Waals surface area contributed by atoms with Crippen LogP contribution in [0.4, 0.5) is 0 Å². The molecule has 0 fully saturated rings. The second-order valence-electron chi connectivity index (χ2n) is 4.53. The fourth-order valence-corrected chi connectivity index (χ4v) is 2.20. The van der Waals surface area contributed by atoms with Gasteiger partial charge in [-0.1, -0.05) is 19.9 Å². The van der Waals surface area contributed by atoms with Crippen LogP contribution in [0, 0.1) is 5.92 Å². The van der Waals surface area contributed by atoms with Crippen molar-refractivity contribution in [3.63, 3.8) is 0 Å². The summed E-state index contributed by atoms with van der Waals surface area (Å²) in [6, 6.07) is 5.25. The van der Waals surface area contributed by atoms with Gasteiger partial charge in [-0.3, -0.25) is 4.98 Å². The van der Waals surface area contributed by atoms with Crippen molar-refractivity contribution in [2.75, 3.05) is 0 Å². The van der Waals surface area contributed by atoms with E-state index in [2.05, 4.69) is 37.1 Å². The first-order valence-corrected chi connectivity index (χ1v) is 5.38. The van der Waals surface area contributed by atoms with Crippen LogP contribution < -0.4 is 5.32 Å². The molecular weight excluding hydrogens is 172 g/mol. The Balaban J connectivity index is 2.38. The Hall–Kier alpha value is -0.890. The zero-order valence-electron chi connectivity index (χ0n) is 9.12. The molecule has 1 aromatic heterocycles. The molecule has 1 aliphatic rings. The lowest BCUT2D eigenvalue weighted by atomic mass is 9.88. The molecule has 2 rings (SSSR count). The summed E-state index contributed by atoms with van der Waals surface area (Å²) in [6.07, 6.45) is 2.95. The van der Waals surface area contributed by atoms with Crippen molar-refractivity contribution in [2.45, 2.75) is 39.3 Å². The van der Waals surface area contributed by atoms with Crippen molar-refractivity contribution in [1.82, 2.24) is 10.3 Å². The van der Waals surface area contributed by atoms with Crippen molar-refractivity contribution >= 4 is 0 Å². The van der Waals surface area contributed by atoms with Crippen LogP contribution in [0.3, 0.4) is 0 Å². The largest absolute Gasteiger partial charge is 0.307 e. The minimum atomic E-state index is 0.474. The van der Waals surface area contributed by atoms with E-state index in [0.29, 0.717) is 18.0 Å². The summed E-state index contributed by atoms with van der Waals surface area (Å²) in [7, 11) is 0. The normalized spacial score (nSPS) is 26.3. The summed E-state index contributed by atoms with van der Waals surface area (Å²) in [4.78, 5) is 4.46. The topological polar surface area (TPSA) is 24.9 Å². The van der Waals surface area contributed by atoms with Crippen molar-refractivity contribution in [1.29, 1.82) is 0 Å². The van der Waals surface area contributed by atoms with E-state index in [1.807, 2.05) is 12.3 Å². The fourth-order valence-electron chi connectivity index (χ4n) is 2.20. The number of pyridine rings is 1. The van der Waals surface area contributed by atoms with Crippen LogP contribution in [0.5, 0.6) is 0 Å². The average molecular weight is 190 g/mol. The highest BCUT2D eigenvalue weighted by molar-refractivity contribution is 5.27. The third kappa shape index (κ3) is 1.67. The Labute approximate surface area is 85.7 Å². The molecule has 14 heavy (non-hydrogen) atoms. The summed E-state index contributed by atoms with van der Waals surface area (Å²) in [5.41, 5.74) is 2.66. The van der Waals surface area contributed by atoms with Gasteiger partial charge < -0.3 is 5.32 Å². The maximum atomic E-state index is 4.46. The lowest BCUT2D eigenvalue weighted by Crippen LogP contribution is -2.40. The number of fused-ring (bicyclic) bond motifs is 1. The fraction of sp³-hybridized carbons (Fsp3) is 0.583. The summed E-state index contributed by atoms with van der Waals surface area (Å²) in [6.45, 7) is 6.74. The molecule has 1 aliphatic heterocycles. The third-order valence-electron chi connectivity index (χ3n) is 2.89. The Morgan fingerprint density at radius 1 is 1.50 bits per heavy atom. The highest BCUT2D eigenvalue weighted by Gasteiger charge is 2.26. The maximum absolute atomic E-state index is 4.46. The second kappa shape index (κ2) is 3.70. The number of hydrogen-bond acceptors (Lipinski definition) is 2. The number of aromatic nitrogens is 1. The first-order valence-electron chi connectivity index (χ1n) is 5.38. The van der Waals surface area contributed by atoms with E-state index in [1.165, 1.54) is 11.3 Å².